The SMILES string of the molecule is Oc1cccc(SCc2nc(-c3cccc(Cl)c3)no2)c1. The van der Waals surface area contributed by atoms with Crippen molar-refractivity contribution in [1.82, 2.24) is 10.1 Å². The van der Waals surface area contributed by atoms with Crippen LogP contribution in [0.25, 0.3) is 11.4 Å². The number of hydrogen-bond acceptors (Lipinski definition) is 5. The number of rotatable bonds is 4. The van der Waals surface area contributed by atoms with Crippen molar-refractivity contribution in [2.45, 2.75) is 10.6 Å². The standard InChI is InChI=1S/C15H11ClN2O2S/c16-11-4-1-3-10(7-11)15-17-14(20-18-15)9-21-13-6-2-5-12(19)8-13/h1-8,19H,9H2. The van der Waals surface area contributed by atoms with E-state index in [1.807, 2.05) is 18.2 Å². The van der Waals surface area contributed by atoms with E-state index in [2.05, 4.69) is 10.1 Å². The molecule has 0 amide bonds. The van der Waals surface area contributed by atoms with Crippen molar-refractivity contribution >= 4 is 23.4 Å². The molecule has 0 radical (unpaired) electrons. The molecule has 21 heavy (non-hydrogen) atoms. The molecular formula is C15H11ClN2O2S. The van der Waals surface area contributed by atoms with Crippen LogP contribution in [0.5, 0.6) is 5.75 Å². The van der Waals surface area contributed by atoms with Crippen LogP contribution >= 0.6 is 23.4 Å². The van der Waals surface area contributed by atoms with E-state index in [1.54, 1.807) is 30.3 Å². The summed E-state index contributed by atoms with van der Waals surface area (Å²) in [6.45, 7) is 0. The van der Waals surface area contributed by atoms with Gasteiger partial charge in [-0.1, -0.05) is 35.0 Å². The maximum atomic E-state index is 9.41. The minimum absolute atomic E-state index is 0.241. The van der Waals surface area contributed by atoms with Crippen molar-refractivity contribution in [2.75, 3.05) is 0 Å². The highest BCUT2D eigenvalue weighted by Crippen LogP contribution is 2.26. The normalized spacial score (nSPS) is 10.7. The number of benzene rings is 2. The second-order valence-corrected chi connectivity index (χ2v) is 5.79. The first kappa shape index (κ1) is 14.0. The van der Waals surface area contributed by atoms with Gasteiger partial charge in [-0.05, 0) is 30.3 Å². The molecule has 0 saturated heterocycles. The van der Waals surface area contributed by atoms with E-state index in [0.29, 0.717) is 22.5 Å². The van der Waals surface area contributed by atoms with Crippen LogP contribution in [-0.2, 0) is 5.75 Å². The third kappa shape index (κ3) is 3.56. The summed E-state index contributed by atoms with van der Waals surface area (Å²) in [6.07, 6.45) is 0. The highest BCUT2D eigenvalue weighted by molar-refractivity contribution is 7.98. The lowest BCUT2D eigenvalue weighted by atomic mass is 10.2. The van der Waals surface area contributed by atoms with E-state index in [1.165, 1.54) is 11.8 Å². The first-order chi connectivity index (χ1) is 10.2. The summed E-state index contributed by atoms with van der Waals surface area (Å²) in [7, 11) is 0. The Morgan fingerprint density at radius 2 is 2.00 bits per heavy atom. The fourth-order valence-electron chi connectivity index (χ4n) is 1.78. The maximum absolute atomic E-state index is 9.41. The van der Waals surface area contributed by atoms with Crippen LogP contribution < -0.4 is 0 Å². The molecule has 0 fully saturated rings. The summed E-state index contributed by atoms with van der Waals surface area (Å²) in [4.78, 5) is 5.28. The molecule has 2 aromatic carbocycles. The number of hydrogen-bond donors (Lipinski definition) is 1. The van der Waals surface area contributed by atoms with Gasteiger partial charge >= 0.3 is 0 Å². The van der Waals surface area contributed by atoms with Crippen LogP contribution in [0.15, 0.2) is 57.9 Å². The van der Waals surface area contributed by atoms with Gasteiger partial charge in [0.2, 0.25) is 11.7 Å². The van der Waals surface area contributed by atoms with Gasteiger partial charge in [0.25, 0.3) is 0 Å². The lowest BCUT2D eigenvalue weighted by Gasteiger charge is -1.98. The molecule has 0 spiro atoms. The first-order valence-electron chi connectivity index (χ1n) is 6.21. The molecule has 1 aromatic heterocycles. The minimum Gasteiger partial charge on any atom is -0.508 e. The molecule has 0 aliphatic heterocycles. The van der Waals surface area contributed by atoms with Gasteiger partial charge in [0.05, 0.1) is 5.75 Å². The van der Waals surface area contributed by atoms with Gasteiger partial charge in [-0.15, -0.1) is 11.8 Å². The topological polar surface area (TPSA) is 59.2 Å². The van der Waals surface area contributed by atoms with E-state index in [-0.39, 0.29) is 5.75 Å². The average Bonchev–Trinajstić information content (AvgIpc) is 2.94. The first-order valence-corrected chi connectivity index (χ1v) is 7.57. The van der Waals surface area contributed by atoms with Crippen molar-refractivity contribution in [2.24, 2.45) is 0 Å². The molecule has 1 heterocycles. The predicted octanol–water partition coefficient (Wildman–Crippen LogP) is 4.39. The van der Waals surface area contributed by atoms with E-state index in [4.69, 9.17) is 16.1 Å². The van der Waals surface area contributed by atoms with Crippen molar-refractivity contribution in [1.29, 1.82) is 0 Å². The monoisotopic (exact) mass is 318 g/mol. The van der Waals surface area contributed by atoms with Crippen LogP contribution in [0.4, 0.5) is 0 Å². The molecule has 0 unspecified atom stereocenters. The van der Waals surface area contributed by atoms with Crippen molar-refractivity contribution in [3.63, 3.8) is 0 Å². The van der Waals surface area contributed by atoms with Gasteiger partial charge in [0, 0.05) is 15.5 Å². The van der Waals surface area contributed by atoms with Gasteiger partial charge in [-0.25, -0.2) is 0 Å². The molecular weight excluding hydrogens is 308 g/mol. The second kappa shape index (κ2) is 6.20. The average molecular weight is 319 g/mol. The molecule has 0 aliphatic rings. The van der Waals surface area contributed by atoms with Gasteiger partial charge in [-0.2, -0.15) is 4.98 Å². The van der Waals surface area contributed by atoms with Crippen LogP contribution in [0.2, 0.25) is 5.02 Å². The van der Waals surface area contributed by atoms with Gasteiger partial charge < -0.3 is 9.63 Å². The predicted molar refractivity (Wildman–Crippen MR) is 82.4 cm³/mol. The zero-order chi connectivity index (χ0) is 14.7. The highest BCUT2D eigenvalue weighted by atomic mass is 35.5. The lowest BCUT2D eigenvalue weighted by Crippen LogP contribution is -1.83. The number of halogens is 1. The molecule has 106 valence electrons. The molecule has 0 bridgehead atoms. The van der Waals surface area contributed by atoms with E-state index < -0.39 is 0 Å². The maximum Gasteiger partial charge on any atom is 0.237 e. The Bertz CT molecular complexity index is 761. The van der Waals surface area contributed by atoms with Gasteiger partial charge in [0.15, 0.2) is 0 Å². The minimum atomic E-state index is 0.241. The van der Waals surface area contributed by atoms with E-state index in [9.17, 15) is 5.11 Å². The summed E-state index contributed by atoms with van der Waals surface area (Å²) in [5, 5.41) is 14.0. The number of aromatic nitrogens is 2. The van der Waals surface area contributed by atoms with Crippen molar-refractivity contribution in [3.8, 4) is 17.1 Å². The van der Waals surface area contributed by atoms with Gasteiger partial charge in [-0.3, -0.25) is 0 Å². The van der Waals surface area contributed by atoms with Crippen molar-refractivity contribution in [3.05, 3.63) is 59.4 Å². The summed E-state index contributed by atoms with van der Waals surface area (Å²) >= 11 is 7.46. The van der Waals surface area contributed by atoms with E-state index in [0.717, 1.165) is 10.5 Å². The van der Waals surface area contributed by atoms with E-state index >= 15 is 0 Å². The fourth-order valence-corrected chi connectivity index (χ4v) is 2.75. The summed E-state index contributed by atoms with van der Waals surface area (Å²) in [5.74, 6) is 1.82. The quantitative estimate of drug-likeness (QED) is 0.723. The molecule has 4 nitrogen and oxygen atoms in total. The smallest absolute Gasteiger partial charge is 0.237 e. The summed E-state index contributed by atoms with van der Waals surface area (Å²) < 4.78 is 5.22. The Hall–Kier alpha value is -1.98. The number of aromatic hydroxyl groups is 1. The Labute approximate surface area is 130 Å². The zero-order valence-electron chi connectivity index (χ0n) is 10.9. The third-order valence-corrected chi connectivity index (χ3v) is 3.94. The highest BCUT2D eigenvalue weighted by Gasteiger charge is 2.09. The van der Waals surface area contributed by atoms with Crippen LogP contribution in [0.1, 0.15) is 5.89 Å². The summed E-state index contributed by atoms with van der Waals surface area (Å²) in [5.41, 5.74) is 0.819. The molecule has 0 aliphatic carbocycles. The van der Waals surface area contributed by atoms with Gasteiger partial charge in [0.1, 0.15) is 5.75 Å². The molecule has 3 aromatic rings. The number of phenolic OH excluding ortho intramolecular Hbond substituents is 1. The third-order valence-electron chi connectivity index (χ3n) is 2.73. The van der Waals surface area contributed by atoms with Crippen molar-refractivity contribution < 1.29 is 9.63 Å². The summed E-state index contributed by atoms with van der Waals surface area (Å²) in [6, 6.07) is 14.3. The number of phenols is 1. The Balaban J connectivity index is 1.71. The lowest BCUT2D eigenvalue weighted by molar-refractivity contribution is 0.391. The second-order valence-electron chi connectivity index (χ2n) is 4.31. The Morgan fingerprint density at radius 3 is 2.81 bits per heavy atom. The molecule has 3 rings (SSSR count). The fraction of sp³-hybridized carbons (Fsp3) is 0.0667. The zero-order valence-corrected chi connectivity index (χ0v) is 12.4. The number of thioether (sulfide) groups is 1. The molecule has 0 saturated carbocycles. The van der Waals surface area contributed by atoms with Crippen LogP contribution in [0, 0.1) is 0 Å². The number of nitrogens with zero attached hydrogens (tertiary/aromatic N) is 2. The van der Waals surface area contributed by atoms with Crippen LogP contribution in [0.3, 0.4) is 0 Å². The van der Waals surface area contributed by atoms with Crippen LogP contribution in [-0.4, -0.2) is 15.2 Å². The molecule has 0 atom stereocenters. The molecule has 1 N–H and O–H groups in total. The Kier molecular flexibility index (Phi) is 4.13. The Morgan fingerprint density at radius 1 is 1.14 bits per heavy atom. The largest absolute Gasteiger partial charge is 0.508 e. The molecule has 6 heteroatoms.